The molecule has 5 atom stereocenters. The zero-order chi connectivity index (χ0) is 47.4. The normalized spacial score (nSPS) is 15.3. The average Bonchev–Trinajstić information content (AvgIpc) is 3.26. The second kappa shape index (κ2) is 43.5. The van der Waals surface area contributed by atoms with E-state index in [1.807, 2.05) is 49.5 Å². The summed E-state index contributed by atoms with van der Waals surface area (Å²) in [5, 5.41) is 28.9. The van der Waals surface area contributed by atoms with Crippen molar-refractivity contribution in [3.05, 3.63) is 85.1 Å². The molecule has 0 rings (SSSR count). The van der Waals surface area contributed by atoms with Crippen LogP contribution in [0.3, 0.4) is 0 Å². The van der Waals surface area contributed by atoms with Crippen molar-refractivity contribution < 1.29 is 57.7 Å². The molecule has 0 aromatic heterocycles. The highest BCUT2D eigenvalue weighted by Gasteiger charge is 2.28. The number of aliphatic carboxylic acids is 1. The highest BCUT2D eigenvalue weighted by atomic mass is 31.2. The summed E-state index contributed by atoms with van der Waals surface area (Å²) in [6, 6.07) is -1.56. The molecule has 14 heteroatoms. The Labute approximate surface area is 385 Å². The van der Waals surface area contributed by atoms with Gasteiger partial charge in [-0.1, -0.05) is 176 Å². The third-order valence-electron chi connectivity index (χ3n) is 9.80. The summed E-state index contributed by atoms with van der Waals surface area (Å²) < 4.78 is 32.6. The predicted octanol–water partition coefficient (Wildman–Crippen LogP) is 11.0. The van der Waals surface area contributed by atoms with Crippen molar-refractivity contribution in [1.82, 2.24) is 0 Å². The second-order valence-corrected chi connectivity index (χ2v) is 17.4. The number of aliphatic hydroxyl groups is 2. The molecule has 64 heavy (non-hydrogen) atoms. The van der Waals surface area contributed by atoms with Crippen LogP contribution in [0.5, 0.6) is 0 Å². The van der Waals surface area contributed by atoms with E-state index < -0.39 is 69.9 Å². The third-order valence-corrected chi connectivity index (χ3v) is 10.8. The lowest BCUT2D eigenvalue weighted by Gasteiger charge is -2.20. The molecule has 13 nitrogen and oxygen atoms in total. The van der Waals surface area contributed by atoms with Crippen molar-refractivity contribution in [2.24, 2.45) is 5.73 Å². The fourth-order valence-electron chi connectivity index (χ4n) is 6.03. The minimum Gasteiger partial charge on any atom is -0.480 e. The number of allylic oxidation sites excluding steroid dienone is 10. The number of rotatable bonds is 43. The number of hydrogen-bond acceptors (Lipinski definition) is 11. The van der Waals surface area contributed by atoms with E-state index in [0.717, 1.165) is 32.1 Å². The Bertz CT molecular complexity index is 1440. The molecule has 0 bridgehead atoms. The number of carboxylic acids is 1. The van der Waals surface area contributed by atoms with Gasteiger partial charge in [0.05, 0.1) is 25.4 Å². The number of esters is 2. The molecule has 366 valence electrons. The van der Waals surface area contributed by atoms with Crippen molar-refractivity contribution in [2.75, 3.05) is 19.8 Å². The van der Waals surface area contributed by atoms with Crippen LogP contribution in [0.4, 0.5) is 0 Å². The Morgan fingerprint density at radius 2 is 1.14 bits per heavy atom. The number of ether oxygens (including phenoxy) is 2. The van der Waals surface area contributed by atoms with Gasteiger partial charge in [-0.3, -0.25) is 23.4 Å². The molecular weight excluding hydrogens is 838 g/mol. The average molecular weight is 922 g/mol. The predicted molar refractivity (Wildman–Crippen MR) is 256 cm³/mol. The maximum absolute atomic E-state index is 12.7. The molecule has 0 spiro atoms. The van der Waals surface area contributed by atoms with E-state index in [1.54, 1.807) is 30.4 Å². The van der Waals surface area contributed by atoms with Gasteiger partial charge in [-0.05, 0) is 64.2 Å². The SMILES string of the molecule is CC/C=C\C[C@H](O)/C=C/C=C\C/C=C\C=C\[C@H](O)/C=C\CCCC(=O)O[C@H](COC(=O)CCCCCCCCCCC/C=C\CCCCCCCC)COP(=O)(O)OC[C@H](N)C(=O)O. The Kier molecular flexibility index (Phi) is 41.1. The molecule has 0 fully saturated rings. The van der Waals surface area contributed by atoms with Crippen molar-refractivity contribution in [3.63, 3.8) is 0 Å². The van der Waals surface area contributed by atoms with Crippen LogP contribution < -0.4 is 5.73 Å². The maximum Gasteiger partial charge on any atom is 0.472 e. The molecule has 0 amide bonds. The van der Waals surface area contributed by atoms with Crippen LogP contribution in [-0.4, -0.2) is 82.3 Å². The quantitative estimate of drug-likeness (QED) is 0.0127. The number of unbranched alkanes of at least 4 members (excludes halogenated alkanes) is 16. The van der Waals surface area contributed by atoms with Crippen LogP contribution in [0.25, 0.3) is 0 Å². The van der Waals surface area contributed by atoms with Crippen LogP contribution in [0, 0.1) is 0 Å². The van der Waals surface area contributed by atoms with E-state index in [4.69, 9.17) is 24.8 Å². The van der Waals surface area contributed by atoms with Gasteiger partial charge in [0, 0.05) is 12.8 Å². The summed E-state index contributed by atoms with van der Waals surface area (Å²) in [7, 11) is -4.78. The fraction of sp³-hybridized carbons (Fsp3) is 0.660. The van der Waals surface area contributed by atoms with E-state index in [2.05, 4.69) is 23.6 Å². The molecule has 0 aromatic rings. The summed E-state index contributed by atoms with van der Waals surface area (Å²) in [6.07, 6.45) is 47.2. The number of phosphoric acid groups is 1. The molecule has 0 heterocycles. The van der Waals surface area contributed by atoms with Crippen molar-refractivity contribution in [2.45, 2.75) is 192 Å². The van der Waals surface area contributed by atoms with Crippen LogP contribution in [-0.2, 0) is 37.5 Å². The van der Waals surface area contributed by atoms with E-state index in [9.17, 15) is 34.1 Å². The van der Waals surface area contributed by atoms with Gasteiger partial charge < -0.3 is 35.4 Å². The lowest BCUT2D eigenvalue weighted by Crippen LogP contribution is -2.34. The summed E-state index contributed by atoms with van der Waals surface area (Å²) in [4.78, 5) is 46.1. The number of hydrogen-bond donors (Lipinski definition) is 5. The number of nitrogens with two attached hydrogens (primary N) is 1. The largest absolute Gasteiger partial charge is 0.480 e. The van der Waals surface area contributed by atoms with E-state index in [0.29, 0.717) is 32.1 Å². The molecule has 0 saturated carbocycles. The zero-order valence-corrected chi connectivity index (χ0v) is 40.0. The third kappa shape index (κ3) is 42.5. The van der Waals surface area contributed by atoms with Gasteiger partial charge in [0.25, 0.3) is 0 Å². The molecule has 0 saturated heterocycles. The highest BCUT2D eigenvalue weighted by Crippen LogP contribution is 2.43. The van der Waals surface area contributed by atoms with Gasteiger partial charge in [-0.2, -0.15) is 0 Å². The first-order chi connectivity index (χ1) is 30.9. The first-order valence-corrected chi connectivity index (χ1v) is 25.3. The van der Waals surface area contributed by atoms with Crippen molar-refractivity contribution in [1.29, 1.82) is 0 Å². The first kappa shape index (κ1) is 60.6. The minimum absolute atomic E-state index is 0.0293. The molecule has 0 aromatic carbocycles. The number of aliphatic hydroxyl groups excluding tert-OH is 2. The molecule has 0 radical (unpaired) electrons. The van der Waals surface area contributed by atoms with Gasteiger partial charge in [-0.15, -0.1) is 0 Å². The Balaban J connectivity index is 4.55. The van der Waals surface area contributed by atoms with Gasteiger partial charge in [0.15, 0.2) is 6.10 Å². The van der Waals surface area contributed by atoms with Crippen molar-refractivity contribution >= 4 is 25.7 Å². The molecule has 1 unspecified atom stereocenters. The number of carbonyl (C=O) groups is 3. The maximum atomic E-state index is 12.7. The Morgan fingerprint density at radius 3 is 1.75 bits per heavy atom. The first-order valence-electron chi connectivity index (χ1n) is 23.8. The fourth-order valence-corrected chi connectivity index (χ4v) is 6.81. The number of carbonyl (C=O) groups excluding carboxylic acids is 2. The summed E-state index contributed by atoms with van der Waals surface area (Å²) in [5.41, 5.74) is 5.33. The van der Waals surface area contributed by atoms with Gasteiger partial charge in [0.2, 0.25) is 0 Å². The van der Waals surface area contributed by atoms with Crippen LogP contribution >= 0.6 is 7.82 Å². The highest BCUT2D eigenvalue weighted by molar-refractivity contribution is 7.47. The lowest BCUT2D eigenvalue weighted by molar-refractivity contribution is -0.161. The van der Waals surface area contributed by atoms with Gasteiger partial charge in [-0.25, -0.2) is 4.57 Å². The van der Waals surface area contributed by atoms with E-state index in [1.165, 1.54) is 77.0 Å². The molecule has 0 aliphatic heterocycles. The topological polar surface area (TPSA) is 212 Å². The van der Waals surface area contributed by atoms with E-state index in [-0.39, 0.29) is 12.8 Å². The van der Waals surface area contributed by atoms with Crippen LogP contribution in [0.15, 0.2) is 85.1 Å². The summed E-state index contributed by atoms with van der Waals surface area (Å²) in [5.74, 6) is -2.60. The Hall–Kier alpha value is -3.42. The number of phosphoric ester groups is 1. The zero-order valence-electron chi connectivity index (χ0n) is 39.1. The standard InChI is InChI=1S/C50H84NO12P/c1-3-5-7-8-9-10-11-12-13-14-15-16-17-18-19-20-24-27-33-39-48(54)60-41-46(42-61-64(58,59)62-43-47(51)50(56)57)63-49(55)40-34-28-32-38-45(53)37-31-26-23-21-22-25-30-36-44(52)35-29-6-4-2/h6,12-13,22-23,25-26,29-32,36-38,44-47,52-53H,3-5,7-11,14-21,24,27-28,33-35,39-43,51H2,1-2H3,(H,56,57)(H,58,59)/b13-12-,25-22-,26-23-,29-6-,36-30+,37-31+,38-32-/t44-,45-,46+,47-/m0/s1. The van der Waals surface area contributed by atoms with E-state index >= 15 is 0 Å². The minimum atomic E-state index is -4.78. The molecular formula is C50H84NO12P. The van der Waals surface area contributed by atoms with Gasteiger partial charge in [0.1, 0.15) is 12.6 Å². The molecule has 6 N–H and O–H groups in total. The van der Waals surface area contributed by atoms with Crippen molar-refractivity contribution in [3.8, 4) is 0 Å². The summed E-state index contributed by atoms with van der Waals surface area (Å²) >= 11 is 0. The molecule has 0 aliphatic carbocycles. The molecule has 0 aliphatic rings. The Morgan fingerprint density at radius 1 is 0.594 bits per heavy atom. The monoisotopic (exact) mass is 922 g/mol. The summed E-state index contributed by atoms with van der Waals surface area (Å²) in [6.45, 7) is 2.42. The van der Waals surface area contributed by atoms with Gasteiger partial charge >= 0.3 is 25.7 Å². The smallest absolute Gasteiger partial charge is 0.472 e. The van der Waals surface area contributed by atoms with Crippen LogP contribution in [0.2, 0.25) is 0 Å². The van der Waals surface area contributed by atoms with Crippen LogP contribution in [0.1, 0.15) is 168 Å². The number of carboxylic acid groups (broad SMARTS) is 1. The lowest BCUT2D eigenvalue weighted by atomic mass is 10.1. The second-order valence-electron chi connectivity index (χ2n) is 15.9.